The Hall–Kier alpha value is -3.43. The molecular formula is C31H36ClN3O5. The van der Waals surface area contributed by atoms with Crippen LogP contribution in [0.1, 0.15) is 39.9 Å². The first kappa shape index (κ1) is 29.6. The van der Waals surface area contributed by atoms with Gasteiger partial charge in [0.15, 0.2) is 0 Å². The molecule has 0 spiro atoms. The van der Waals surface area contributed by atoms with E-state index in [1.807, 2.05) is 68.6 Å². The Labute approximate surface area is 239 Å². The molecule has 212 valence electrons. The summed E-state index contributed by atoms with van der Waals surface area (Å²) < 4.78 is 6.17. The van der Waals surface area contributed by atoms with Crippen molar-refractivity contribution in [2.75, 3.05) is 33.3 Å². The molecule has 3 aromatic carbocycles. The second-order valence-corrected chi connectivity index (χ2v) is 10.5. The summed E-state index contributed by atoms with van der Waals surface area (Å²) in [5.41, 5.74) is 3.26. The number of carbonyl (C=O) groups excluding carboxylic acids is 1. The third-order valence-electron chi connectivity index (χ3n) is 7.27. The molecule has 0 saturated carbocycles. The maximum atomic E-state index is 13.5. The molecule has 4 N–H and O–H groups in total. The van der Waals surface area contributed by atoms with Gasteiger partial charge in [0, 0.05) is 35.8 Å². The van der Waals surface area contributed by atoms with Crippen LogP contribution in [0.15, 0.2) is 66.7 Å². The van der Waals surface area contributed by atoms with Gasteiger partial charge in [-0.1, -0.05) is 65.7 Å². The number of carboxylic acid groups (broad SMARTS) is 1. The van der Waals surface area contributed by atoms with Gasteiger partial charge in [0.25, 0.3) is 5.91 Å². The molecule has 1 heterocycles. The summed E-state index contributed by atoms with van der Waals surface area (Å²) in [4.78, 5) is 26.2. The molecule has 0 aliphatic carbocycles. The van der Waals surface area contributed by atoms with Gasteiger partial charge in [-0.15, -0.1) is 0 Å². The van der Waals surface area contributed by atoms with Crippen LogP contribution in [0, 0.1) is 6.92 Å². The van der Waals surface area contributed by atoms with Gasteiger partial charge in [-0.2, -0.15) is 0 Å². The van der Waals surface area contributed by atoms with Crippen molar-refractivity contribution < 1.29 is 24.5 Å². The number of hydrogen-bond donors (Lipinski definition) is 4. The summed E-state index contributed by atoms with van der Waals surface area (Å²) in [6.07, 6.45) is -1.35. The van der Waals surface area contributed by atoms with Gasteiger partial charge in [0.05, 0.1) is 13.2 Å². The molecule has 1 aliphatic rings. The van der Waals surface area contributed by atoms with E-state index in [1.54, 1.807) is 17.0 Å². The third kappa shape index (κ3) is 6.82. The molecule has 1 aliphatic heterocycles. The zero-order chi connectivity index (χ0) is 28.7. The molecule has 3 aromatic rings. The van der Waals surface area contributed by atoms with Crippen molar-refractivity contribution in [2.24, 2.45) is 0 Å². The molecule has 2 atom stereocenters. The van der Waals surface area contributed by atoms with E-state index in [2.05, 4.69) is 10.6 Å². The number of benzene rings is 3. The van der Waals surface area contributed by atoms with Crippen molar-refractivity contribution in [1.29, 1.82) is 0 Å². The van der Waals surface area contributed by atoms with Gasteiger partial charge in [-0.25, -0.2) is 4.79 Å². The molecule has 0 radical (unpaired) electrons. The van der Waals surface area contributed by atoms with E-state index in [0.717, 1.165) is 16.7 Å². The monoisotopic (exact) mass is 565 g/mol. The van der Waals surface area contributed by atoms with Crippen LogP contribution in [0.25, 0.3) is 11.1 Å². The highest BCUT2D eigenvalue weighted by Crippen LogP contribution is 2.42. The number of nitrogens with one attached hydrogen (secondary N) is 2. The van der Waals surface area contributed by atoms with E-state index >= 15 is 0 Å². The number of hydrogen-bond acceptors (Lipinski definition) is 5. The highest BCUT2D eigenvalue weighted by atomic mass is 35.5. The first-order valence-electron chi connectivity index (χ1n) is 13.4. The zero-order valence-electron chi connectivity index (χ0n) is 22.8. The maximum Gasteiger partial charge on any atom is 0.404 e. The fourth-order valence-electron chi connectivity index (χ4n) is 5.28. The molecule has 9 heteroatoms. The maximum absolute atomic E-state index is 13.5. The second kappa shape index (κ2) is 13.3. The summed E-state index contributed by atoms with van der Waals surface area (Å²) in [5.74, 6) is -0.135. The minimum atomic E-state index is -1.56. The number of rotatable bonds is 10. The summed E-state index contributed by atoms with van der Waals surface area (Å²) in [6.45, 7) is 3.67. The van der Waals surface area contributed by atoms with Crippen LogP contribution >= 0.6 is 11.6 Å². The number of ether oxygens (including phenoxy) is 1. The fraction of sp³-hybridized carbons (Fsp3) is 0.355. The molecule has 1 saturated heterocycles. The first-order chi connectivity index (χ1) is 19.2. The van der Waals surface area contributed by atoms with Gasteiger partial charge >= 0.3 is 6.09 Å². The van der Waals surface area contributed by atoms with Gasteiger partial charge < -0.3 is 30.5 Å². The lowest BCUT2D eigenvalue weighted by Gasteiger charge is -2.43. The van der Waals surface area contributed by atoms with E-state index in [1.165, 1.54) is 0 Å². The summed E-state index contributed by atoms with van der Waals surface area (Å²) in [5, 5.41) is 27.5. The van der Waals surface area contributed by atoms with Crippen molar-refractivity contribution in [1.82, 2.24) is 15.5 Å². The van der Waals surface area contributed by atoms with Crippen molar-refractivity contribution in [2.45, 2.75) is 38.0 Å². The Morgan fingerprint density at radius 3 is 2.58 bits per heavy atom. The van der Waals surface area contributed by atoms with Crippen LogP contribution in [0.2, 0.25) is 5.02 Å². The van der Waals surface area contributed by atoms with E-state index in [-0.39, 0.29) is 32.0 Å². The van der Waals surface area contributed by atoms with Crippen LogP contribution in [0.4, 0.5) is 4.79 Å². The van der Waals surface area contributed by atoms with Crippen LogP contribution in [0.5, 0.6) is 0 Å². The quantitative estimate of drug-likeness (QED) is 0.263. The number of halogens is 1. The normalized spacial score (nSPS) is 16.8. The Balaban J connectivity index is 1.68. The molecule has 1 fully saturated rings. The lowest BCUT2D eigenvalue weighted by atomic mass is 9.79. The minimum Gasteiger partial charge on any atom is -0.465 e. The Bertz CT molecular complexity index is 1330. The first-order valence-corrected chi connectivity index (χ1v) is 13.8. The third-order valence-corrected chi connectivity index (χ3v) is 7.58. The SMILES string of the molecule is CNCc1ccc(C(=O)N2CCOC(C(O)(CCCNC(=O)O)c3cccc(Cl)c3-c3cccc(C)c3)C2)cc1. The number of aliphatic hydroxyl groups is 1. The Morgan fingerprint density at radius 2 is 1.88 bits per heavy atom. The lowest BCUT2D eigenvalue weighted by Crippen LogP contribution is -2.54. The van der Waals surface area contributed by atoms with Gasteiger partial charge in [-0.05, 0) is 61.7 Å². The van der Waals surface area contributed by atoms with Crippen LogP contribution in [-0.2, 0) is 16.9 Å². The fourth-order valence-corrected chi connectivity index (χ4v) is 5.56. The van der Waals surface area contributed by atoms with Crippen LogP contribution in [-0.4, -0.2) is 66.5 Å². The van der Waals surface area contributed by atoms with E-state index in [4.69, 9.17) is 21.4 Å². The average Bonchev–Trinajstić information content (AvgIpc) is 2.95. The summed E-state index contributed by atoms with van der Waals surface area (Å²) in [7, 11) is 1.87. The predicted octanol–water partition coefficient (Wildman–Crippen LogP) is 4.81. The van der Waals surface area contributed by atoms with Crippen molar-refractivity contribution in [3.63, 3.8) is 0 Å². The number of aryl methyl sites for hydroxylation is 1. The number of nitrogens with zero attached hydrogens (tertiary/aromatic N) is 1. The molecule has 2 unspecified atom stereocenters. The van der Waals surface area contributed by atoms with E-state index in [0.29, 0.717) is 41.2 Å². The average molecular weight is 566 g/mol. The topological polar surface area (TPSA) is 111 Å². The molecule has 0 bridgehead atoms. The minimum absolute atomic E-state index is 0.135. The highest BCUT2D eigenvalue weighted by molar-refractivity contribution is 6.33. The van der Waals surface area contributed by atoms with Gasteiger partial charge in [0.1, 0.15) is 11.7 Å². The lowest BCUT2D eigenvalue weighted by molar-refractivity contribution is -0.146. The molecular weight excluding hydrogens is 530 g/mol. The Morgan fingerprint density at radius 1 is 1.12 bits per heavy atom. The zero-order valence-corrected chi connectivity index (χ0v) is 23.6. The van der Waals surface area contributed by atoms with Gasteiger partial charge in [-0.3, -0.25) is 4.79 Å². The summed E-state index contributed by atoms with van der Waals surface area (Å²) >= 11 is 6.75. The second-order valence-electron chi connectivity index (χ2n) is 10.1. The van der Waals surface area contributed by atoms with Crippen molar-refractivity contribution in [3.05, 3.63) is 94.0 Å². The molecule has 40 heavy (non-hydrogen) atoms. The summed E-state index contributed by atoms with van der Waals surface area (Å²) in [6, 6.07) is 20.8. The van der Waals surface area contributed by atoms with Crippen molar-refractivity contribution in [3.8, 4) is 11.1 Å². The van der Waals surface area contributed by atoms with Crippen LogP contribution in [0.3, 0.4) is 0 Å². The largest absolute Gasteiger partial charge is 0.465 e. The highest BCUT2D eigenvalue weighted by Gasteiger charge is 2.44. The number of carbonyl (C=O) groups is 2. The van der Waals surface area contributed by atoms with Gasteiger partial charge in [0.2, 0.25) is 0 Å². The smallest absolute Gasteiger partial charge is 0.404 e. The Kier molecular flexibility index (Phi) is 9.81. The van der Waals surface area contributed by atoms with E-state index in [9.17, 15) is 14.7 Å². The molecule has 0 aromatic heterocycles. The van der Waals surface area contributed by atoms with Crippen molar-refractivity contribution >= 4 is 23.6 Å². The predicted molar refractivity (Wildman–Crippen MR) is 156 cm³/mol. The molecule has 2 amide bonds. The molecule has 8 nitrogen and oxygen atoms in total. The molecule has 4 rings (SSSR count). The van der Waals surface area contributed by atoms with Crippen LogP contribution < -0.4 is 10.6 Å². The standard InChI is InChI=1S/C31H36ClN3O5/c1-21-6-3-7-24(18-21)28-25(8-4-9-26(28)32)31(39,14-5-15-34-30(37)38)27-20-35(16-17-40-27)29(36)23-12-10-22(11-13-23)19-33-2/h3-4,6-13,18,27,33-34,39H,5,14-17,19-20H2,1-2H3,(H,37,38). The van der Waals surface area contributed by atoms with E-state index < -0.39 is 17.8 Å². The number of amides is 2. The number of morpholine rings is 1.